The highest BCUT2D eigenvalue weighted by atomic mass is 32.2. The lowest BCUT2D eigenvalue weighted by Crippen LogP contribution is -2.53. The third-order valence-corrected chi connectivity index (χ3v) is 4.42. The maximum absolute atomic E-state index is 11.9. The molecule has 1 fully saturated rings. The van der Waals surface area contributed by atoms with Gasteiger partial charge in [0.15, 0.2) is 0 Å². The number of thioether (sulfide) groups is 1. The number of aliphatic hydroxyl groups is 1. The van der Waals surface area contributed by atoms with Crippen LogP contribution >= 0.6 is 11.8 Å². The number of carbonyl (C=O) groups is 1. The average Bonchev–Trinajstić information content (AvgIpc) is 2.29. The van der Waals surface area contributed by atoms with Crippen LogP contribution in [0.3, 0.4) is 0 Å². The van der Waals surface area contributed by atoms with Crippen LogP contribution in [-0.4, -0.2) is 34.7 Å². The standard InChI is InChI=1S/C13H23NO2S/c1-10(2)11(3)8-12(16)14-13(9-15)4-6-17-7-5-13/h15H,4-9H2,1-3H3,(H,14,16). The fourth-order valence-corrected chi connectivity index (χ4v) is 3.12. The fourth-order valence-electron chi connectivity index (χ4n) is 1.84. The molecule has 4 heteroatoms. The first kappa shape index (κ1) is 14.6. The van der Waals surface area contributed by atoms with Gasteiger partial charge in [-0.1, -0.05) is 11.1 Å². The van der Waals surface area contributed by atoms with Gasteiger partial charge in [-0.05, 0) is 45.1 Å². The Morgan fingerprint density at radius 2 is 1.88 bits per heavy atom. The van der Waals surface area contributed by atoms with E-state index in [0.717, 1.165) is 29.9 Å². The van der Waals surface area contributed by atoms with Gasteiger partial charge in [0.1, 0.15) is 0 Å². The van der Waals surface area contributed by atoms with Crippen molar-refractivity contribution in [3.05, 3.63) is 11.1 Å². The summed E-state index contributed by atoms with van der Waals surface area (Å²) in [4.78, 5) is 11.9. The number of aliphatic hydroxyl groups excluding tert-OH is 1. The lowest BCUT2D eigenvalue weighted by molar-refractivity contribution is -0.123. The Morgan fingerprint density at radius 1 is 1.29 bits per heavy atom. The number of hydrogen-bond acceptors (Lipinski definition) is 3. The van der Waals surface area contributed by atoms with Gasteiger partial charge < -0.3 is 10.4 Å². The van der Waals surface area contributed by atoms with Crippen LogP contribution in [0.4, 0.5) is 0 Å². The minimum atomic E-state index is -0.371. The van der Waals surface area contributed by atoms with E-state index in [1.807, 2.05) is 32.5 Å². The molecule has 98 valence electrons. The Hall–Kier alpha value is -0.480. The fraction of sp³-hybridized carbons (Fsp3) is 0.769. The highest BCUT2D eigenvalue weighted by molar-refractivity contribution is 7.99. The molecule has 2 N–H and O–H groups in total. The topological polar surface area (TPSA) is 49.3 Å². The van der Waals surface area contributed by atoms with E-state index in [1.54, 1.807) is 0 Å². The Labute approximate surface area is 108 Å². The summed E-state index contributed by atoms with van der Waals surface area (Å²) in [7, 11) is 0. The molecule has 17 heavy (non-hydrogen) atoms. The Morgan fingerprint density at radius 3 is 2.35 bits per heavy atom. The molecule has 0 unspecified atom stereocenters. The summed E-state index contributed by atoms with van der Waals surface area (Å²) in [5.74, 6) is 2.06. The zero-order valence-electron chi connectivity index (χ0n) is 11.0. The van der Waals surface area contributed by atoms with E-state index in [2.05, 4.69) is 5.32 Å². The van der Waals surface area contributed by atoms with Gasteiger partial charge in [-0.15, -0.1) is 0 Å². The number of amides is 1. The molecule has 0 radical (unpaired) electrons. The maximum Gasteiger partial charge on any atom is 0.224 e. The summed E-state index contributed by atoms with van der Waals surface area (Å²) in [5.41, 5.74) is 1.93. The highest BCUT2D eigenvalue weighted by Crippen LogP contribution is 2.27. The molecule has 1 saturated heterocycles. The van der Waals surface area contributed by atoms with Crippen molar-refractivity contribution in [1.82, 2.24) is 5.32 Å². The van der Waals surface area contributed by atoms with Gasteiger partial charge in [-0.25, -0.2) is 0 Å². The summed E-state index contributed by atoms with van der Waals surface area (Å²) in [6, 6.07) is 0. The number of hydrogen-bond donors (Lipinski definition) is 2. The largest absolute Gasteiger partial charge is 0.394 e. The van der Waals surface area contributed by atoms with Crippen LogP contribution in [-0.2, 0) is 4.79 Å². The molecule has 1 rings (SSSR count). The van der Waals surface area contributed by atoms with Crippen molar-refractivity contribution < 1.29 is 9.90 Å². The predicted molar refractivity (Wildman–Crippen MR) is 73.2 cm³/mol. The molecule has 0 aromatic heterocycles. The van der Waals surface area contributed by atoms with Crippen LogP contribution in [0.25, 0.3) is 0 Å². The molecule has 1 amide bonds. The Balaban J connectivity index is 2.56. The minimum Gasteiger partial charge on any atom is -0.394 e. The second-order valence-electron chi connectivity index (χ2n) is 5.06. The molecule has 0 aromatic rings. The van der Waals surface area contributed by atoms with Gasteiger partial charge in [0, 0.05) is 6.42 Å². The first-order valence-electron chi connectivity index (χ1n) is 6.12. The van der Waals surface area contributed by atoms with E-state index in [1.165, 1.54) is 5.57 Å². The molecule has 0 saturated carbocycles. The van der Waals surface area contributed by atoms with Gasteiger partial charge in [0.25, 0.3) is 0 Å². The van der Waals surface area contributed by atoms with E-state index in [9.17, 15) is 9.90 Å². The normalized spacial score (nSPS) is 18.6. The van der Waals surface area contributed by atoms with Crippen LogP contribution in [0.5, 0.6) is 0 Å². The quantitative estimate of drug-likeness (QED) is 0.758. The number of carbonyl (C=O) groups excluding carboxylic acids is 1. The Bertz CT molecular complexity index is 303. The molecule has 1 aliphatic rings. The van der Waals surface area contributed by atoms with E-state index >= 15 is 0 Å². The monoisotopic (exact) mass is 257 g/mol. The molecule has 3 nitrogen and oxygen atoms in total. The Kier molecular flexibility index (Phi) is 5.53. The molecule has 0 bridgehead atoms. The van der Waals surface area contributed by atoms with Crippen LogP contribution < -0.4 is 5.32 Å². The van der Waals surface area contributed by atoms with E-state index in [-0.39, 0.29) is 18.1 Å². The van der Waals surface area contributed by atoms with Gasteiger partial charge in [-0.2, -0.15) is 11.8 Å². The van der Waals surface area contributed by atoms with Crippen molar-refractivity contribution in [3.63, 3.8) is 0 Å². The van der Waals surface area contributed by atoms with Crippen LogP contribution in [0.2, 0.25) is 0 Å². The summed E-state index contributed by atoms with van der Waals surface area (Å²) < 4.78 is 0. The van der Waals surface area contributed by atoms with Crippen LogP contribution in [0, 0.1) is 0 Å². The van der Waals surface area contributed by atoms with Gasteiger partial charge in [0.2, 0.25) is 5.91 Å². The van der Waals surface area contributed by atoms with Gasteiger partial charge >= 0.3 is 0 Å². The molecule has 0 atom stereocenters. The predicted octanol–water partition coefficient (Wildman–Crippen LogP) is 2.11. The summed E-state index contributed by atoms with van der Waals surface area (Å²) >= 11 is 1.89. The lowest BCUT2D eigenvalue weighted by Gasteiger charge is -2.36. The molecular formula is C13H23NO2S. The molecule has 0 aromatic carbocycles. The van der Waals surface area contributed by atoms with E-state index in [0.29, 0.717) is 6.42 Å². The molecule has 1 aliphatic heterocycles. The zero-order valence-corrected chi connectivity index (χ0v) is 11.8. The first-order valence-corrected chi connectivity index (χ1v) is 7.27. The van der Waals surface area contributed by atoms with Crippen LogP contribution in [0.1, 0.15) is 40.0 Å². The van der Waals surface area contributed by atoms with Crippen molar-refractivity contribution >= 4 is 17.7 Å². The number of nitrogens with one attached hydrogen (secondary N) is 1. The third kappa shape index (κ3) is 4.36. The number of allylic oxidation sites excluding steroid dienone is 1. The van der Waals surface area contributed by atoms with Crippen molar-refractivity contribution in [1.29, 1.82) is 0 Å². The smallest absolute Gasteiger partial charge is 0.224 e. The zero-order chi connectivity index (χ0) is 12.9. The van der Waals surface area contributed by atoms with E-state index < -0.39 is 0 Å². The second kappa shape index (κ2) is 6.45. The van der Waals surface area contributed by atoms with Crippen LogP contribution in [0.15, 0.2) is 11.1 Å². The second-order valence-corrected chi connectivity index (χ2v) is 6.28. The van der Waals surface area contributed by atoms with Crippen molar-refractivity contribution in [3.8, 4) is 0 Å². The average molecular weight is 257 g/mol. The van der Waals surface area contributed by atoms with E-state index in [4.69, 9.17) is 0 Å². The summed E-state index contributed by atoms with van der Waals surface area (Å²) in [6.45, 7) is 6.06. The summed E-state index contributed by atoms with van der Waals surface area (Å²) in [6.07, 6.45) is 2.18. The molecule has 0 spiro atoms. The van der Waals surface area contributed by atoms with Crippen molar-refractivity contribution in [2.75, 3.05) is 18.1 Å². The molecule has 1 heterocycles. The third-order valence-electron chi connectivity index (χ3n) is 3.44. The van der Waals surface area contributed by atoms with Gasteiger partial charge in [0.05, 0.1) is 12.1 Å². The van der Waals surface area contributed by atoms with Crippen molar-refractivity contribution in [2.24, 2.45) is 0 Å². The number of rotatable bonds is 4. The first-order chi connectivity index (χ1) is 7.99. The summed E-state index contributed by atoms with van der Waals surface area (Å²) in [5, 5.41) is 12.5. The molecular weight excluding hydrogens is 234 g/mol. The maximum atomic E-state index is 11.9. The SMILES string of the molecule is CC(C)=C(C)CC(=O)NC1(CO)CCSCC1. The minimum absolute atomic E-state index is 0.0321. The lowest BCUT2D eigenvalue weighted by atomic mass is 9.92. The highest BCUT2D eigenvalue weighted by Gasteiger charge is 2.32. The molecule has 0 aliphatic carbocycles. The van der Waals surface area contributed by atoms with Crippen molar-refractivity contribution in [2.45, 2.75) is 45.6 Å². The van der Waals surface area contributed by atoms with Gasteiger partial charge in [-0.3, -0.25) is 4.79 Å².